The number of benzene rings is 1. The average Bonchev–Trinajstić information content (AvgIpc) is 2.94. The van der Waals surface area contributed by atoms with Gasteiger partial charge in [-0.2, -0.15) is 4.37 Å². The van der Waals surface area contributed by atoms with Crippen LogP contribution < -0.4 is 9.59 Å². The Bertz CT molecular complexity index is 747. The van der Waals surface area contributed by atoms with Gasteiger partial charge in [-0.3, -0.25) is 4.79 Å². The minimum atomic E-state index is -1.50. The van der Waals surface area contributed by atoms with Gasteiger partial charge in [0.15, 0.2) is 5.69 Å². The molecule has 0 spiro atoms. The lowest BCUT2D eigenvalue weighted by Gasteiger charge is -2.30. The highest BCUT2D eigenvalue weighted by molar-refractivity contribution is 6.99. The molecule has 0 fully saturated rings. The molecule has 0 aliphatic carbocycles. The van der Waals surface area contributed by atoms with E-state index in [1.807, 2.05) is 0 Å². The highest BCUT2D eigenvalue weighted by atomic mass is 35.5. The van der Waals surface area contributed by atoms with Crippen molar-refractivity contribution in [1.29, 1.82) is 0 Å². The predicted octanol–water partition coefficient (Wildman–Crippen LogP) is 2.27. The molecule has 1 unspecified atom stereocenters. The van der Waals surface area contributed by atoms with Crippen LogP contribution in [0.5, 0.6) is 0 Å². The Morgan fingerprint density at radius 2 is 1.91 bits per heavy atom. The van der Waals surface area contributed by atoms with E-state index in [1.54, 1.807) is 18.2 Å². The second kappa shape index (κ2) is 6.79. The van der Waals surface area contributed by atoms with Gasteiger partial charge >= 0.3 is 5.97 Å². The van der Waals surface area contributed by atoms with Gasteiger partial charge in [0, 0.05) is 5.56 Å². The summed E-state index contributed by atoms with van der Waals surface area (Å²) >= 11 is 13.1. The summed E-state index contributed by atoms with van der Waals surface area (Å²) in [7, 11) is 1.29. The Morgan fingerprint density at radius 3 is 2.43 bits per heavy atom. The molecule has 0 aliphatic rings. The zero-order valence-corrected chi connectivity index (χ0v) is 14.2. The summed E-state index contributed by atoms with van der Waals surface area (Å²) < 4.78 is 7.26. The molecule has 2 rings (SSSR count). The molecular weight excluding hydrogens is 365 g/mol. The van der Waals surface area contributed by atoms with Crippen LogP contribution in [-0.2, 0) is 4.79 Å². The van der Waals surface area contributed by atoms with Crippen molar-refractivity contribution < 1.29 is 19.8 Å². The van der Waals surface area contributed by atoms with Crippen molar-refractivity contribution in [1.82, 2.24) is 13.2 Å². The molecule has 0 saturated carbocycles. The summed E-state index contributed by atoms with van der Waals surface area (Å²) in [5.41, 5.74) is 0.545. The molecule has 0 radical (unpaired) electrons. The molecule has 7 nitrogen and oxygen atoms in total. The molecule has 0 aliphatic heterocycles. The lowest BCUT2D eigenvalue weighted by atomic mass is 10.1. The molecule has 1 atom stereocenters. The number of carbonyl (C=O) groups is 2. The fourth-order valence-electron chi connectivity index (χ4n) is 1.99. The second-order valence-electron chi connectivity index (χ2n) is 4.86. The molecule has 2 aromatic rings. The normalized spacial score (nSPS) is 13.5. The van der Waals surface area contributed by atoms with Crippen LogP contribution >= 0.6 is 34.9 Å². The lowest BCUT2D eigenvalue weighted by Crippen LogP contribution is -2.58. The highest BCUT2D eigenvalue weighted by Gasteiger charge is 2.36. The standard InChI is InChI=1S/C13H11Cl2N3O4S/c1-18(13(21)22,6-5-9(19)20)12-11(16-23-17-12)10-7(14)3-2-4-8(10)15/h2-4H,5-6H2,1H3,(H-,19,20,21,22). The first-order valence-electron chi connectivity index (χ1n) is 6.33. The Hall–Kier alpha value is -1.74. The molecule has 1 aromatic carbocycles. The number of quaternary nitrogens is 1. The van der Waals surface area contributed by atoms with Crippen LogP contribution in [0.3, 0.4) is 0 Å². The minimum absolute atomic E-state index is 0.0336. The summed E-state index contributed by atoms with van der Waals surface area (Å²) in [5, 5.41) is 21.0. The summed E-state index contributed by atoms with van der Waals surface area (Å²) in [6, 6.07) is 4.82. The van der Waals surface area contributed by atoms with Gasteiger partial charge in [-0.25, -0.2) is 4.48 Å². The van der Waals surface area contributed by atoms with Crippen molar-refractivity contribution in [2.24, 2.45) is 0 Å². The van der Waals surface area contributed by atoms with E-state index in [9.17, 15) is 14.7 Å². The number of nitrogens with zero attached hydrogens (tertiary/aromatic N) is 3. The monoisotopic (exact) mass is 375 g/mol. The smallest absolute Gasteiger partial charge is 0.309 e. The Labute approximate surface area is 145 Å². The van der Waals surface area contributed by atoms with Crippen LogP contribution in [0.4, 0.5) is 10.6 Å². The topological polar surface area (TPSA) is 103 Å². The molecule has 23 heavy (non-hydrogen) atoms. The van der Waals surface area contributed by atoms with E-state index >= 15 is 0 Å². The van der Waals surface area contributed by atoms with Gasteiger partial charge in [-0.15, -0.1) is 4.37 Å². The number of carbonyl (C=O) groups excluding carboxylic acids is 1. The largest absolute Gasteiger partial charge is 0.498 e. The Morgan fingerprint density at radius 1 is 1.30 bits per heavy atom. The number of hydrogen-bond donors (Lipinski definition) is 1. The number of rotatable bonds is 5. The lowest BCUT2D eigenvalue weighted by molar-refractivity contribution is -0.262. The van der Waals surface area contributed by atoms with Gasteiger partial charge in [0.05, 0.1) is 35.2 Å². The molecule has 1 aromatic heterocycles. The Balaban J connectivity index is 2.58. The maximum Gasteiger partial charge on any atom is 0.309 e. The van der Waals surface area contributed by atoms with Crippen LogP contribution in [0.25, 0.3) is 11.3 Å². The molecule has 0 bridgehead atoms. The third kappa shape index (κ3) is 3.45. The average molecular weight is 376 g/mol. The molecule has 10 heteroatoms. The number of aliphatic carboxylic acids is 1. The van der Waals surface area contributed by atoms with Crippen molar-refractivity contribution in [3.63, 3.8) is 0 Å². The van der Waals surface area contributed by atoms with Gasteiger partial charge in [0.25, 0.3) is 11.9 Å². The van der Waals surface area contributed by atoms with Gasteiger partial charge in [-0.05, 0) is 12.1 Å². The molecule has 1 heterocycles. The predicted molar refractivity (Wildman–Crippen MR) is 85.6 cm³/mol. The first-order valence-corrected chi connectivity index (χ1v) is 7.82. The van der Waals surface area contributed by atoms with Crippen LogP contribution in [0, 0.1) is 0 Å². The Kier molecular flexibility index (Phi) is 5.20. The van der Waals surface area contributed by atoms with E-state index < -0.39 is 16.5 Å². The number of carboxylic acid groups (broad SMARTS) is 2. The maximum absolute atomic E-state index is 11.6. The van der Waals surface area contributed by atoms with Crippen molar-refractivity contribution in [2.45, 2.75) is 6.42 Å². The van der Waals surface area contributed by atoms with E-state index in [0.717, 1.165) is 11.7 Å². The van der Waals surface area contributed by atoms with Crippen molar-refractivity contribution in [2.75, 3.05) is 13.6 Å². The third-order valence-electron chi connectivity index (χ3n) is 3.31. The molecular formula is C13H11Cl2N3O4S. The number of halogens is 2. The fraction of sp³-hybridized carbons (Fsp3) is 0.231. The summed E-state index contributed by atoms with van der Waals surface area (Å²) in [5.74, 6) is -1.10. The van der Waals surface area contributed by atoms with Gasteiger partial charge < -0.3 is 15.0 Å². The SMILES string of the molecule is C[N+](CCC(=O)O)(C(=O)[O-])c1nsnc1-c1c(Cl)cccc1Cl. The maximum atomic E-state index is 11.6. The zero-order valence-electron chi connectivity index (χ0n) is 11.8. The van der Waals surface area contributed by atoms with E-state index in [2.05, 4.69) is 8.75 Å². The van der Waals surface area contributed by atoms with Gasteiger partial charge in [0.1, 0.15) is 6.54 Å². The van der Waals surface area contributed by atoms with Crippen LogP contribution in [0.1, 0.15) is 6.42 Å². The molecule has 122 valence electrons. The van der Waals surface area contributed by atoms with Crippen LogP contribution in [-0.4, -0.2) is 39.5 Å². The third-order valence-corrected chi connectivity index (χ3v) is 4.46. The quantitative estimate of drug-likeness (QED) is 0.803. The van der Waals surface area contributed by atoms with E-state index in [1.165, 1.54) is 7.05 Å². The summed E-state index contributed by atoms with van der Waals surface area (Å²) in [4.78, 5) is 22.4. The minimum Gasteiger partial charge on any atom is -0.498 e. The van der Waals surface area contributed by atoms with Crippen LogP contribution in [0.15, 0.2) is 18.2 Å². The van der Waals surface area contributed by atoms with Crippen molar-refractivity contribution >= 4 is 52.8 Å². The highest BCUT2D eigenvalue weighted by Crippen LogP contribution is 2.40. The zero-order chi connectivity index (χ0) is 17.2. The van der Waals surface area contributed by atoms with Crippen molar-refractivity contribution in [3.8, 4) is 11.3 Å². The van der Waals surface area contributed by atoms with Gasteiger partial charge in [-0.1, -0.05) is 29.3 Å². The van der Waals surface area contributed by atoms with E-state index in [0.29, 0.717) is 5.56 Å². The number of carboxylic acids is 1. The second-order valence-corrected chi connectivity index (χ2v) is 6.20. The molecule has 1 N–H and O–H groups in total. The first kappa shape index (κ1) is 17.6. The molecule has 0 saturated heterocycles. The summed E-state index contributed by atoms with van der Waals surface area (Å²) in [6.07, 6.45) is -1.87. The number of amides is 1. The van der Waals surface area contributed by atoms with Gasteiger partial charge in [0.2, 0.25) is 0 Å². The number of hydrogen-bond acceptors (Lipinski definition) is 6. The number of aromatic nitrogens is 2. The first-order chi connectivity index (χ1) is 10.8. The fourth-order valence-corrected chi connectivity index (χ4v) is 3.21. The van der Waals surface area contributed by atoms with Crippen LogP contribution in [0.2, 0.25) is 10.0 Å². The van der Waals surface area contributed by atoms with E-state index in [4.69, 9.17) is 28.3 Å². The van der Waals surface area contributed by atoms with Crippen molar-refractivity contribution in [3.05, 3.63) is 28.2 Å². The van der Waals surface area contributed by atoms with E-state index in [-0.39, 0.29) is 34.5 Å². The molecule has 1 amide bonds. The summed E-state index contributed by atoms with van der Waals surface area (Å²) in [6.45, 7) is -0.252.